The Hall–Kier alpha value is -1.84. The molecular formula is C12H15NO3. The quantitative estimate of drug-likeness (QED) is 0.766. The number of pyridine rings is 1. The number of aromatic nitrogens is 1. The smallest absolute Gasteiger partial charge is 0.306 e. The van der Waals surface area contributed by atoms with E-state index in [2.05, 4.69) is 11.6 Å². The zero-order chi connectivity index (χ0) is 12.3. The van der Waals surface area contributed by atoms with Crippen LogP contribution in [0.5, 0.6) is 0 Å². The zero-order valence-electron chi connectivity index (χ0n) is 9.34. The number of aliphatic hydroxyl groups is 1. The van der Waals surface area contributed by atoms with E-state index < -0.39 is 11.9 Å². The van der Waals surface area contributed by atoms with Crippen molar-refractivity contribution in [2.75, 3.05) is 0 Å². The summed E-state index contributed by atoms with van der Waals surface area (Å²) in [6.45, 7) is 6.88. The van der Waals surface area contributed by atoms with Crippen LogP contribution in [0.4, 0.5) is 0 Å². The van der Waals surface area contributed by atoms with E-state index in [0.717, 1.165) is 5.56 Å². The molecule has 86 valence electrons. The highest BCUT2D eigenvalue weighted by Crippen LogP contribution is 2.28. The van der Waals surface area contributed by atoms with Crippen LogP contribution in [0.1, 0.15) is 30.9 Å². The third-order valence-electron chi connectivity index (χ3n) is 2.80. The molecule has 0 fully saturated rings. The van der Waals surface area contributed by atoms with Gasteiger partial charge in [-0.15, -0.1) is 0 Å². The summed E-state index contributed by atoms with van der Waals surface area (Å²) in [5.74, 6) is -1.69. The SMILES string of the molecule is C=C(O)c1cnccc1C(C)C(C)C(=O)O. The van der Waals surface area contributed by atoms with Crippen molar-refractivity contribution in [1.29, 1.82) is 0 Å². The Kier molecular flexibility index (Phi) is 3.66. The molecule has 4 heteroatoms. The monoisotopic (exact) mass is 221 g/mol. The minimum Gasteiger partial charge on any atom is -0.508 e. The first-order valence-corrected chi connectivity index (χ1v) is 5.00. The Morgan fingerprint density at radius 1 is 1.44 bits per heavy atom. The predicted octanol–water partition coefficient (Wildman–Crippen LogP) is 2.43. The lowest BCUT2D eigenvalue weighted by molar-refractivity contribution is -0.141. The fourth-order valence-corrected chi connectivity index (χ4v) is 1.53. The first kappa shape index (κ1) is 12.2. The fraction of sp³-hybridized carbons (Fsp3) is 0.333. The van der Waals surface area contributed by atoms with Gasteiger partial charge >= 0.3 is 5.97 Å². The topological polar surface area (TPSA) is 70.4 Å². The molecule has 1 rings (SSSR count). The Bertz CT molecular complexity index is 414. The average Bonchev–Trinajstić information content (AvgIpc) is 2.26. The number of carboxylic acid groups (broad SMARTS) is 1. The standard InChI is InChI=1S/C12H15NO3/c1-7(8(2)12(15)16)10-4-5-13-6-11(10)9(3)14/h4-8,14H,3H2,1-2H3,(H,15,16). The molecule has 0 aliphatic rings. The van der Waals surface area contributed by atoms with E-state index in [1.54, 1.807) is 26.1 Å². The number of aliphatic carboxylic acids is 1. The molecule has 16 heavy (non-hydrogen) atoms. The molecular weight excluding hydrogens is 206 g/mol. The molecule has 2 N–H and O–H groups in total. The summed E-state index contributed by atoms with van der Waals surface area (Å²) >= 11 is 0. The van der Waals surface area contributed by atoms with Crippen molar-refractivity contribution in [3.8, 4) is 0 Å². The van der Waals surface area contributed by atoms with E-state index in [0.29, 0.717) is 5.56 Å². The van der Waals surface area contributed by atoms with Crippen LogP contribution in [0.15, 0.2) is 25.0 Å². The number of carboxylic acids is 1. The first-order valence-electron chi connectivity index (χ1n) is 5.00. The number of rotatable bonds is 4. The van der Waals surface area contributed by atoms with Gasteiger partial charge in [0.15, 0.2) is 0 Å². The van der Waals surface area contributed by atoms with Crippen LogP contribution in [-0.2, 0) is 4.79 Å². The Morgan fingerprint density at radius 3 is 2.56 bits per heavy atom. The van der Waals surface area contributed by atoms with Crippen molar-refractivity contribution in [2.24, 2.45) is 5.92 Å². The number of hydrogen-bond acceptors (Lipinski definition) is 3. The summed E-state index contributed by atoms with van der Waals surface area (Å²) in [4.78, 5) is 14.8. The fourth-order valence-electron chi connectivity index (χ4n) is 1.53. The van der Waals surface area contributed by atoms with Crippen molar-refractivity contribution in [1.82, 2.24) is 4.98 Å². The van der Waals surface area contributed by atoms with E-state index in [4.69, 9.17) is 5.11 Å². The second-order valence-corrected chi connectivity index (χ2v) is 3.83. The highest BCUT2D eigenvalue weighted by molar-refractivity contribution is 5.71. The third-order valence-corrected chi connectivity index (χ3v) is 2.80. The van der Waals surface area contributed by atoms with Crippen LogP contribution >= 0.6 is 0 Å². The average molecular weight is 221 g/mol. The van der Waals surface area contributed by atoms with Gasteiger partial charge in [0.2, 0.25) is 0 Å². The Labute approximate surface area is 94.3 Å². The maximum atomic E-state index is 10.9. The van der Waals surface area contributed by atoms with Gasteiger partial charge in [0.1, 0.15) is 5.76 Å². The summed E-state index contributed by atoms with van der Waals surface area (Å²) in [6.07, 6.45) is 3.07. The summed E-state index contributed by atoms with van der Waals surface area (Å²) in [7, 11) is 0. The zero-order valence-corrected chi connectivity index (χ0v) is 9.34. The van der Waals surface area contributed by atoms with Crippen LogP contribution < -0.4 is 0 Å². The Morgan fingerprint density at radius 2 is 2.06 bits per heavy atom. The van der Waals surface area contributed by atoms with Crippen LogP contribution in [0.2, 0.25) is 0 Å². The number of hydrogen-bond donors (Lipinski definition) is 2. The lowest BCUT2D eigenvalue weighted by Crippen LogP contribution is -2.17. The van der Waals surface area contributed by atoms with Crippen molar-refractivity contribution >= 4 is 11.7 Å². The van der Waals surface area contributed by atoms with Gasteiger partial charge in [0, 0.05) is 18.0 Å². The van der Waals surface area contributed by atoms with Gasteiger partial charge in [-0.25, -0.2) is 0 Å². The number of nitrogens with zero attached hydrogens (tertiary/aromatic N) is 1. The summed E-state index contributed by atoms with van der Waals surface area (Å²) in [5, 5.41) is 18.3. The molecule has 4 nitrogen and oxygen atoms in total. The van der Waals surface area contributed by atoms with Gasteiger partial charge in [-0.3, -0.25) is 9.78 Å². The normalized spacial score (nSPS) is 14.1. The molecule has 0 aromatic carbocycles. The van der Waals surface area contributed by atoms with Gasteiger partial charge in [-0.1, -0.05) is 20.4 Å². The number of carbonyl (C=O) groups is 1. The van der Waals surface area contributed by atoms with Crippen molar-refractivity contribution in [2.45, 2.75) is 19.8 Å². The highest BCUT2D eigenvalue weighted by Gasteiger charge is 2.23. The number of aliphatic hydroxyl groups excluding tert-OH is 1. The first-order chi connectivity index (χ1) is 7.45. The van der Waals surface area contributed by atoms with Crippen LogP contribution in [0.25, 0.3) is 5.76 Å². The molecule has 0 saturated carbocycles. The van der Waals surface area contributed by atoms with Crippen LogP contribution in [-0.4, -0.2) is 21.2 Å². The van der Waals surface area contributed by atoms with E-state index >= 15 is 0 Å². The molecule has 2 atom stereocenters. The van der Waals surface area contributed by atoms with E-state index in [1.165, 1.54) is 6.20 Å². The van der Waals surface area contributed by atoms with E-state index in [1.807, 2.05) is 0 Å². The minimum absolute atomic E-state index is 0.0902. The molecule has 0 radical (unpaired) electrons. The largest absolute Gasteiger partial charge is 0.508 e. The molecule has 0 aliphatic carbocycles. The van der Waals surface area contributed by atoms with Crippen molar-refractivity contribution in [3.05, 3.63) is 36.2 Å². The van der Waals surface area contributed by atoms with E-state index in [9.17, 15) is 9.90 Å². The van der Waals surface area contributed by atoms with Gasteiger partial charge < -0.3 is 10.2 Å². The van der Waals surface area contributed by atoms with Gasteiger partial charge in [0.05, 0.1) is 5.92 Å². The van der Waals surface area contributed by atoms with Crippen LogP contribution in [0.3, 0.4) is 0 Å². The summed E-state index contributed by atoms with van der Waals surface area (Å²) in [6, 6.07) is 1.71. The second-order valence-electron chi connectivity index (χ2n) is 3.83. The van der Waals surface area contributed by atoms with Crippen LogP contribution in [0, 0.1) is 5.92 Å². The highest BCUT2D eigenvalue weighted by atomic mass is 16.4. The Balaban J connectivity index is 3.12. The molecule has 2 unspecified atom stereocenters. The second kappa shape index (κ2) is 4.79. The van der Waals surface area contributed by atoms with E-state index in [-0.39, 0.29) is 11.7 Å². The maximum Gasteiger partial charge on any atom is 0.306 e. The maximum absolute atomic E-state index is 10.9. The molecule has 1 aromatic rings. The van der Waals surface area contributed by atoms with Crippen molar-refractivity contribution in [3.63, 3.8) is 0 Å². The minimum atomic E-state index is -0.862. The van der Waals surface area contributed by atoms with Gasteiger partial charge in [-0.05, 0) is 17.5 Å². The molecule has 0 amide bonds. The van der Waals surface area contributed by atoms with Crippen molar-refractivity contribution < 1.29 is 15.0 Å². The molecule has 1 aromatic heterocycles. The molecule has 0 spiro atoms. The summed E-state index contributed by atoms with van der Waals surface area (Å²) < 4.78 is 0. The molecule has 1 heterocycles. The third kappa shape index (κ3) is 2.39. The van der Waals surface area contributed by atoms with Gasteiger partial charge in [0.25, 0.3) is 0 Å². The molecule has 0 bridgehead atoms. The molecule has 0 aliphatic heterocycles. The lowest BCUT2D eigenvalue weighted by Gasteiger charge is -2.18. The predicted molar refractivity (Wildman–Crippen MR) is 61.1 cm³/mol. The summed E-state index contributed by atoms with van der Waals surface area (Å²) in [5.41, 5.74) is 1.25. The molecule has 0 saturated heterocycles. The van der Waals surface area contributed by atoms with Gasteiger partial charge in [-0.2, -0.15) is 0 Å². The lowest BCUT2D eigenvalue weighted by atomic mass is 9.86.